The first-order valence-electron chi connectivity index (χ1n) is 5.71. The van der Waals surface area contributed by atoms with Gasteiger partial charge in [0.05, 0.1) is 6.10 Å². The van der Waals surface area contributed by atoms with E-state index in [1.807, 2.05) is 19.1 Å². The first-order chi connectivity index (χ1) is 7.11. The molecule has 1 aromatic rings. The Hall–Kier alpha value is -0.890. The Kier molecular flexibility index (Phi) is 4.76. The highest BCUT2D eigenvalue weighted by molar-refractivity contribution is 5.20. The highest BCUT2D eigenvalue weighted by atomic mass is 16.3. The van der Waals surface area contributed by atoms with Crippen LogP contribution < -0.4 is 0 Å². The molecule has 1 unspecified atom stereocenters. The molecule has 0 spiro atoms. The van der Waals surface area contributed by atoms with E-state index in [-0.39, 0.29) is 6.10 Å². The van der Waals surface area contributed by atoms with Gasteiger partial charge in [0.15, 0.2) is 0 Å². The second-order valence-corrected chi connectivity index (χ2v) is 4.52. The van der Waals surface area contributed by atoms with Gasteiger partial charge in [-0.2, -0.15) is 0 Å². The van der Waals surface area contributed by atoms with Gasteiger partial charge in [0.1, 0.15) is 0 Å². The molecule has 0 aliphatic rings. The van der Waals surface area contributed by atoms with Crippen molar-refractivity contribution in [3.8, 4) is 0 Å². The third-order valence-electron chi connectivity index (χ3n) is 2.67. The van der Waals surface area contributed by atoms with Crippen LogP contribution in [0.15, 0.2) is 18.3 Å². The molecule has 0 bridgehead atoms. The predicted molar refractivity (Wildman–Crippen MR) is 62.6 cm³/mol. The second kappa shape index (κ2) is 5.86. The average molecular weight is 207 g/mol. The maximum absolute atomic E-state index is 9.97. The maximum Gasteiger partial charge on any atom is 0.0807 e. The molecule has 0 aromatic carbocycles. The molecule has 84 valence electrons. The average Bonchev–Trinajstić information content (AvgIpc) is 2.17. The standard InChI is InChI=1S/C13H21NO/c1-10(2)6-4-8-13(15)12-7-5-9-14-11(12)3/h5,7,9-10,13,15H,4,6,8H2,1-3H3. The summed E-state index contributed by atoms with van der Waals surface area (Å²) in [6.07, 6.45) is 4.51. The van der Waals surface area contributed by atoms with Crippen LogP contribution in [-0.2, 0) is 0 Å². The number of aromatic nitrogens is 1. The van der Waals surface area contributed by atoms with Crippen molar-refractivity contribution in [2.24, 2.45) is 5.92 Å². The Morgan fingerprint density at radius 1 is 1.33 bits per heavy atom. The Balaban J connectivity index is 2.47. The molecule has 15 heavy (non-hydrogen) atoms. The van der Waals surface area contributed by atoms with E-state index in [2.05, 4.69) is 18.8 Å². The number of aliphatic hydroxyl groups excluding tert-OH is 1. The highest BCUT2D eigenvalue weighted by Crippen LogP contribution is 2.22. The Morgan fingerprint density at radius 2 is 2.07 bits per heavy atom. The van der Waals surface area contributed by atoms with Gasteiger partial charge in [-0.25, -0.2) is 0 Å². The van der Waals surface area contributed by atoms with Crippen molar-refractivity contribution in [2.75, 3.05) is 0 Å². The summed E-state index contributed by atoms with van der Waals surface area (Å²) in [6.45, 7) is 6.37. The van der Waals surface area contributed by atoms with Crippen molar-refractivity contribution < 1.29 is 5.11 Å². The zero-order valence-corrected chi connectivity index (χ0v) is 9.90. The van der Waals surface area contributed by atoms with Gasteiger partial charge in [0, 0.05) is 17.5 Å². The smallest absolute Gasteiger partial charge is 0.0807 e. The molecule has 2 heteroatoms. The Labute approximate surface area is 92.4 Å². The van der Waals surface area contributed by atoms with Gasteiger partial charge < -0.3 is 5.11 Å². The van der Waals surface area contributed by atoms with E-state index in [0.29, 0.717) is 5.92 Å². The molecule has 1 N–H and O–H groups in total. The van der Waals surface area contributed by atoms with Crippen LogP contribution >= 0.6 is 0 Å². The number of rotatable bonds is 5. The maximum atomic E-state index is 9.97. The largest absolute Gasteiger partial charge is 0.388 e. The summed E-state index contributed by atoms with van der Waals surface area (Å²) in [7, 11) is 0. The lowest BCUT2D eigenvalue weighted by Crippen LogP contribution is -2.02. The van der Waals surface area contributed by atoms with Gasteiger partial charge >= 0.3 is 0 Å². The summed E-state index contributed by atoms with van der Waals surface area (Å²) in [5, 5.41) is 9.97. The topological polar surface area (TPSA) is 33.1 Å². The fraction of sp³-hybridized carbons (Fsp3) is 0.615. The predicted octanol–water partition coefficient (Wildman–Crippen LogP) is 3.25. The normalized spacial score (nSPS) is 13.1. The van der Waals surface area contributed by atoms with Gasteiger partial charge in [-0.3, -0.25) is 4.98 Å². The molecule has 1 rings (SSSR count). The molecule has 2 nitrogen and oxygen atoms in total. The lowest BCUT2D eigenvalue weighted by Gasteiger charge is -2.13. The lowest BCUT2D eigenvalue weighted by molar-refractivity contribution is 0.161. The summed E-state index contributed by atoms with van der Waals surface area (Å²) in [5.41, 5.74) is 1.91. The first kappa shape index (κ1) is 12.2. The van der Waals surface area contributed by atoms with Gasteiger partial charge in [-0.15, -0.1) is 0 Å². The summed E-state index contributed by atoms with van der Waals surface area (Å²) < 4.78 is 0. The molecule has 0 aliphatic heterocycles. The van der Waals surface area contributed by atoms with Gasteiger partial charge in [-0.1, -0.05) is 32.8 Å². The van der Waals surface area contributed by atoms with Crippen molar-refractivity contribution in [2.45, 2.75) is 46.1 Å². The summed E-state index contributed by atoms with van der Waals surface area (Å²) in [5.74, 6) is 0.715. The van der Waals surface area contributed by atoms with Crippen LogP contribution in [0, 0.1) is 12.8 Å². The van der Waals surface area contributed by atoms with Gasteiger partial charge in [0.25, 0.3) is 0 Å². The van der Waals surface area contributed by atoms with E-state index in [1.165, 1.54) is 6.42 Å². The molecule has 0 saturated carbocycles. The number of aliphatic hydroxyl groups is 1. The minimum atomic E-state index is -0.350. The van der Waals surface area contributed by atoms with Crippen LogP contribution in [-0.4, -0.2) is 10.1 Å². The third kappa shape index (κ3) is 4.00. The number of hydrogen-bond acceptors (Lipinski definition) is 2. The van der Waals surface area contributed by atoms with Gasteiger partial charge in [-0.05, 0) is 25.3 Å². The van der Waals surface area contributed by atoms with E-state index >= 15 is 0 Å². The fourth-order valence-corrected chi connectivity index (χ4v) is 1.72. The second-order valence-electron chi connectivity index (χ2n) is 4.52. The van der Waals surface area contributed by atoms with E-state index in [0.717, 1.165) is 24.1 Å². The van der Waals surface area contributed by atoms with Crippen molar-refractivity contribution >= 4 is 0 Å². The quantitative estimate of drug-likeness (QED) is 0.804. The minimum absolute atomic E-state index is 0.350. The highest BCUT2D eigenvalue weighted by Gasteiger charge is 2.10. The number of nitrogens with zero attached hydrogens (tertiary/aromatic N) is 1. The van der Waals surface area contributed by atoms with Crippen LogP contribution in [0.25, 0.3) is 0 Å². The van der Waals surface area contributed by atoms with E-state index in [9.17, 15) is 5.11 Å². The summed E-state index contributed by atoms with van der Waals surface area (Å²) in [4.78, 5) is 4.18. The monoisotopic (exact) mass is 207 g/mol. The molecular weight excluding hydrogens is 186 g/mol. The molecule has 0 radical (unpaired) electrons. The van der Waals surface area contributed by atoms with Crippen LogP contribution in [0.3, 0.4) is 0 Å². The van der Waals surface area contributed by atoms with Crippen molar-refractivity contribution in [3.05, 3.63) is 29.6 Å². The van der Waals surface area contributed by atoms with Crippen LogP contribution in [0.4, 0.5) is 0 Å². The van der Waals surface area contributed by atoms with Crippen LogP contribution in [0.1, 0.15) is 50.5 Å². The molecule has 0 saturated heterocycles. The van der Waals surface area contributed by atoms with E-state index in [1.54, 1.807) is 6.20 Å². The number of aryl methyl sites for hydroxylation is 1. The third-order valence-corrected chi connectivity index (χ3v) is 2.67. The number of pyridine rings is 1. The van der Waals surface area contributed by atoms with Crippen LogP contribution in [0.2, 0.25) is 0 Å². The molecule has 0 amide bonds. The summed E-state index contributed by atoms with van der Waals surface area (Å²) >= 11 is 0. The zero-order valence-electron chi connectivity index (χ0n) is 9.90. The van der Waals surface area contributed by atoms with Crippen molar-refractivity contribution in [3.63, 3.8) is 0 Å². The van der Waals surface area contributed by atoms with Gasteiger partial charge in [0.2, 0.25) is 0 Å². The minimum Gasteiger partial charge on any atom is -0.388 e. The van der Waals surface area contributed by atoms with Crippen LogP contribution in [0.5, 0.6) is 0 Å². The first-order valence-corrected chi connectivity index (χ1v) is 5.71. The zero-order chi connectivity index (χ0) is 11.3. The molecule has 1 aromatic heterocycles. The SMILES string of the molecule is Cc1ncccc1C(O)CCCC(C)C. The molecule has 0 aliphatic carbocycles. The van der Waals surface area contributed by atoms with Crippen molar-refractivity contribution in [1.29, 1.82) is 0 Å². The number of hydrogen-bond donors (Lipinski definition) is 1. The summed E-state index contributed by atoms with van der Waals surface area (Å²) in [6, 6.07) is 3.84. The van der Waals surface area contributed by atoms with Crippen molar-refractivity contribution in [1.82, 2.24) is 4.98 Å². The molecule has 1 heterocycles. The Bertz CT molecular complexity index is 296. The fourth-order valence-electron chi connectivity index (χ4n) is 1.72. The Morgan fingerprint density at radius 3 is 2.67 bits per heavy atom. The molecule has 1 atom stereocenters. The molecular formula is C13H21NO. The van der Waals surface area contributed by atoms with E-state index < -0.39 is 0 Å². The molecule has 0 fully saturated rings. The lowest BCUT2D eigenvalue weighted by atomic mass is 9.99. The van der Waals surface area contributed by atoms with E-state index in [4.69, 9.17) is 0 Å².